The summed E-state index contributed by atoms with van der Waals surface area (Å²) in [5.41, 5.74) is 2.71. The summed E-state index contributed by atoms with van der Waals surface area (Å²) in [5, 5.41) is 11.9. The molecule has 0 bridgehead atoms. The molecule has 2 aromatic heterocycles. The SMILES string of the molecule is C[C@H](O)c1nccc2c1[nH]c1ccccc12. The van der Waals surface area contributed by atoms with E-state index in [4.69, 9.17) is 0 Å². The van der Waals surface area contributed by atoms with Crippen LogP contribution in [0.3, 0.4) is 0 Å². The third-order valence-electron chi connectivity index (χ3n) is 2.85. The molecule has 0 aliphatic carbocycles. The zero-order chi connectivity index (χ0) is 11.1. The van der Waals surface area contributed by atoms with Gasteiger partial charge in [0.1, 0.15) is 0 Å². The highest BCUT2D eigenvalue weighted by Gasteiger charge is 2.11. The first kappa shape index (κ1) is 9.36. The Balaban J connectivity index is 2.49. The van der Waals surface area contributed by atoms with Crippen molar-refractivity contribution in [2.75, 3.05) is 0 Å². The Labute approximate surface area is 92.7 Å². The van der Waals surface area contributed by atoms with Gasteiger partial charge in [-0.1, -0.05) is 18.2 Å². The van der Waals surface area contributed by atoms with Crippen LogP contribution in [-0.2, 0) is 0 Å². The van der Waals surface area contributed by atoms with Crippen LogP contribution < -0.4 is 0 Å². The van der Waals surface area contributed by atoms with Gasteiger partial charge in [0.25, 0.3) is 0 Å². The highest BCUT2D eigenvalue weighted by molar-refractivity contribution is 6.07. The second kappa shape index (κ2) is 3.32. The molecule has 1 aromatic carbocycles. The van der Waals surface area contributed by atoms with E-state index in [2.05, 4.69) is 16.0 Å². The monoisotopic (exact) mass is 212 g/mol. The van der Waals surface area contributed by atoms with Crippen LogP contribution in [0.25, 0.3) is 21.8 Å². The fourth-order valence-electron chi connectivity index (χ4n) is 2.11. The average Bonchev–Trinajstić information content (AvgIpc) is 2.67. The van der Waals surface area contributed by atoms with E-state index in [1.54, 1.807) is 13.1 Å². The summed E-state index contributed by atoms with van der Waals surface area (Å²) >= 11 is 0. The highest BCUT2D eigenvalue weighted by atomic mass is 16.3. The molecule has 0 aliphatic rings. The van der Waals surface area contributed by atoms with Gasteiger partial charge in [0.2, 0.25) is 0 Å². The summed E-state index contributed by atoms with van der Waals surface area (Å²) in [7, 11) is 0. The van der Waals surface area contributed by atoms with E-state index < -0.39 is 6.10 Å². The van der Waals surface area contributed by atoms with Gasteiger partial charge in [0, 0.05) is 22.5 Å². The second-order valence-corrected chi connectivity index (χ2v) is 3.97. The van der Waals surface area contributed by atoms with Gasteiger partial charge in [-0.15, -0.1) is 0 Å². The minimum absolute atomic E-state index is 0.559. The Hall–Kier alpha value is -1.87. The Morgan fingerprint density at radius 3 is 2.81 bits per heavy atom. The molecule has 0 radical (unpaired) electrons. The Morgan fingerprint density at radius 1 is 1.19 bits per heavy atom. The number of aromatic nitrogens is 2. The van der Waals surface area contributed by atoms with Crippen LogP contribution in [0, 0.1) is 0 Å². The third-order valence-corrected chi connectivity index (χ3v) is 2.85. The molecule has 0 aliphatic heterocycles. The maximum absolute atomic E-state index is 9.66. The lowest BCUT2D eigenvalue weighted by Gasteiger charge is -2.03. The van der Waals surface area contributed by atoms with E-state index in [-0.39, 0.29) is 0 Å². The number of pyridine rings is 1. The fraction of sp³-hybridized carbons (Fsp3) is 0.154. The van der Waals surface area contributed by atoms with Crippen molar-refractivity contribution in [2.45, 2.75) is 13.0 Å². The molecular weight excluding hydrogens is 200 g/mol. The van der Waals surface area contributed by atoms with E-state index >= 15 is 0 Å². The molecular formula is C13H12N2O. The Kier molecular flexibility index (Phi) is 1.94. The van der Waals surface area contributed by atoms with Crippen molar-refractivity contribution < 1.29 is 5.11 Å². The van der Waals surface area contributed by atoms with Crippen molar-refractivity contribution in [3.05, 3.63) is 42.2 Å². The van der Waals surface area contributed by atoms with Crippen molar-refractivity contribution in [1.29, 1.82) is 0 Å². The molecule has 80 valence electrons. The number of para-hydroxylation sites is 1. The number of benzene rings is 1. The van der Waals surface area contributed by atoms with Crippen molar-refractivity contribution >= 4 is 21.8 Å². The number of nitrogens with one attached hydrogen (secondary N) is 1. The lowest BCUT2D eigenvalue weighted by atomic mass is 10.1. The first-order valence-corrected chi connectivity index (χ1v) is 5.31. The first-order valence-electron chi connectivity index (χ1n) is 5.31. The van der Waals surface area contributed by atoms with Crippen LogP contribution in [0.1, 0.15) is 18.7 Å². The molecule has 2 heterocycles. The highest BCUT2D eigenvalue weighted by Crippen LogP contribution is 2.28. The first-order chi connectivity index (χ1) is 7.77. The van der Waals surface area contributed by atoms with Crippen LogP contribution in [0.2, 0.25) is 0 Å². The second-order valence-electron chi connectivity index (χ2n) is 3.97. The van der Waals surface area contributed by atoms with E-state index in [0.29, 0.717) is 5.69 Å². The van der Waals surface area contributed by atoms with Gasteiger partial charge < -0.3 is 10.1 Å². The number of hydrogen-bond acceptors (Lipinski definition) is 2. The smallest absolute Gasteiger partial charge is 0.0953 e. The molecule has 1 atom stereocenters. The van der Waals surface area contributed by atoms with Crippen molar-refractivity contribution in [2.24, 2.45) is 0 Å². The molecule has 3 rings (SSSR count). The molecule has 3 heteroatoms. The maximum Gasteiger partial charge on any atom is 0.0953 e. The number of aromatic amines is 1. The number of hydrogen-bond donors (Lipinski definition) is 2. The molecule has 0 spiro atoms. The molecule has 2 N–H and O–H groups in total. The number of fused-ring (bicyclic) bond motifs is 3. The molecule has 0 unspecified atom stereocenters. The summed E-state index contributed by atoms with van der Waals surface area (Å²) in [6, 6.07) is 10.1. The predicted octanol–water partition coefficient (Wildman–Crippen LogP) is 2.77. The molecule has 3 nitrogen and oxygen atoms in total. The minimum atomic E-state index is -0.559. The minimum Gasteiger partial charge on any atom is -0.387 e. The van der Waals surface area contributed by atoms with Gasteiger partial charge in [-0.3, -0.25) is 4.98 Å². The van der Waals surface area contributed by atoms with Crippen LogP contribution in [-0.4, -0.2) is 15.1 Å². The Bertz CT molecular complexity index is 655. The molecule has 0 saturated heterocycles. The predicted molar refractivity (Wildman–Crippen MR) is 64.2 cm³/mol. The number of nitrogens with zero attached hydrogens (tertiary/aromatic N) is 1. The molecule has 0 fully saturated rings. The standard InChI is InChI=1S/C13H12N2O/c1-8(16)12-13-10(6-7-14-12)9-4-2-3-5-11(9)15-13/h2-8,15-16H,1H3/t8-/m0/s1. The number of aliphatic hydroxyl groups excluding tert-OH is 1. The van der Waals surface area contributed by atoms with E-state index in [1.807, 2.05) is 24.3 Å². The van der Waals surface area contributed by atoms with Crippen molar-refractivity contribution in [3.8, 4) is 0 Å². The van der Waals surface area contributed by atoms with Crippen molar-refractivity contribution in [1.82, 2.24) is 9.97 Å². The van der Waals surface area contributed by atoms with Gasteiger partial charge in [-0.2, -0.15) is 0 Å². The lowest BCUT2D eigenvalue weighted by molar-refractivity contribution is 0.196. The van der Waals surface area contributed by atoms with Gasteiger partial charge in [0.15, 0.2) is 0 Å². The zero-order valence-electron chi connectivity index (χ0n) is 8.94. The quantitative estimate of drug-likeness (QED) is 0.651. The molecule has 0 saturated carbocycles. The fourth-order valence-corrected chi connectivity index (χ4v) is 2.11. The van der Waals surface area contributed by atoms with Gasteiger partial charge in [-0.05, 0) is 19.1 Å². The topological polar surface area (TPSA) is 48.9 Å². The van der Waals surface area contributed by atoms with Crippen molar-refractivity contribution in [3.63, 3.8) is 0 Å². The summed E-state index contributed by atoms with van der Waals surface area (Å²) in [4.78, 5) is 7.53. The van der Waals surface area contributed by atoms with E-state index in [0.717, 1.165) is 16.4 Å². The van der Waals surface area contributed by atoms with Gasteiger partial charge in [0.05, 0.1) is 17.3 Å². The van der Waals surface area contributed by atoms with Gasteiger partial charge >= 0.3 is 0 Å². The normalized spacial score (nSPS) is 13.4. The van der Waals surface area contributed by atoms with Crippen LogP contribution in [0.4, 0.5) is 0 Å². The number of rotatable bonds is 1. The summed E-state index contributed by atoms with van der Waals surface area (Å²) in [5.74, 6) is 0. The number of H-pyrrole nitrogens is 1. The van der Waals surface area contributed by atoms with Crippen LogP contribution in [0.15, 0.2) is 36.5 Å². The molecule has 0 amide bonds. The maximum atomic E-state index is 9.66. The number of aliphatic hydroxyl groups is 1. The summed E-state index contributed by atoms with van der Waals surface area (Å²) < 4.78 is 0. The largest absolute Gasteiger partial charge is 0.387 e. The van der Waals surface area contributed by atoms with Crippen LogP contribution >= 0.6 is 0 Å². The summed E-state index contributed by atoms with van der Waals surface area (Å²) in [6.45, 7) is 1.73. The summed E-state index contributed by atoms with van der Waals surface area (Å²) in [6.07, 6.45) is 1.18. The molecule has 16 heavy (non-hydrogen) atoms. The van der Waals surface area contributed by atoms with Crippen LogP contribution in [0.5, 0.6) is 0 Å². The average molecular weight is 212 g/mol. The third kappa shape index (κ3) is 1.22. The van der Waals surface area contributed by atoms with E-state index in [9.17, 15) is 5.11 Å². The van der Waals surface area contributed by atoms with E-state index in [1.165, 1.54) is 5.39 Å². The Morgan fingerprint density at radius 2 is 2.00 bits per heavy atom. The van der Waals surface area contributed by atoms with Gasteiger partial charge in [-0.25, -0.2) is 0 Å². The zero-order valence-corrected chi connectivity index (χ0v) is 8.94. The molecule has 3 aromatic rings. The lowest BCUT2D eigenvalue weighted by Crippen LogP contribution is -1.95.